The van der Waals surface area contributed by atoms with Gasteiger partial charge in [-0.2, -0.15) is 0 Å². The van der Waals surface area contributed by atoms with Crippen LogP contribution in [0.2, 0.25) is 0 Å². The predicted octanol–water partition coefficient (Wildman–Crippen LogP) is 1.69. The van der Waals surface area contributed by atoms with Gasteiger partial charge >= 0.3 is 12.0 Å². The number of alkyl carbamates (subject to hydrolysis) is 1. The normalized spacial score (nSPS) is 19.3. The van der Waals surface area contributed by atoms with Crippen molar-refractivity contribution in [1.29, 1.82) is 0 Å². The summed E-state index contributed by atoms with van der Waals surface area (Å²) in [4.78, 5) is 38.2. The molecule has 0 bridgehead atoms. The number of nitrogens with one attached hydrogen (secondary N) is 2. The van der Waals surface area contributed by atoms with E-state index in [2.05, 4.69) is 5.32 Å². The van der Waals surface area contributed by atoms with Crippen molar-refractivity contribution in [1.82, 2.24) is 5.32 Å². The van der Waals surface area contributed by atoms with E-state index in [0.717, 1.165) is 17.5 Å². The van der Waals surface area contributed by atoms with Crippen LogP contribution in [-0.4, -0.2) is 36.4 Å². The molecule has 0 aromatic heterocycles. The number of benzene rings is 2. The third kappa shape index (κ3) is 5.74. The van der Waals surface area contributed by atoms with Gasteiger partial charge in [0.25, 0.3) is 0 Å². The molecule has 2 aromatic carbocycles. The fourth-order valence-electron chi connectivity index (χ4n) is 3.78. The lowest BCUT2D eigenvalue weighted by molar-refractivity contribution is -0.824. The Bertz CT molecular complexity index is 838. The number of rotatable bonds is 7. The first kappa shape index (κ1) is 20.7. The molecule has 0 radical (unpaired) electrons. The van der Waals surface area contributed by atoms with Gasteiger partial charge in [-0.3, -0.25) is 9.69 Å². The maximum Gasteiger partial charge on any atom is 0.408 e. The van der Waals surface area contributed by atoms with E-state index in [4.69, 9.17) is 4.74 Å². The summed E-state index contributed by atoms with van der Waals surface area (Å²) in [6.07, 6.45) is 1.24. The van der Waals surface area contributed by atoms with Crippen LogP contribution in [0.5, 0.6) is 0 Å². The number of hydrogen-bond acceptors (Lipinski definition) is 4. The van der Waals surface area contributed by atoms with E-state index in [1.54, 1.807) is 0 Å². The van der Waals surface area contributed by atoms with E-state index in [1.165, 1.54) is 6.92 Å². The second-order valence-electron chi connectivity index (χ2n) is 7.39. The third-order valence-electron chi connectivity index (χ3n) is 5.27. The van der Waals surface area contributed by atoms with Gasteiger partial charge in [0.05, 0.1) is 6.54 Å². The number of amides is 2. The third-order valence-corrected chi connectivity index (χ3v) is 5.27. The van der Waals surface area contributed by atoms with Gasteiger partial charge in [-0.1, -0.05) is 60.7 Å². The molecule has 6 heteroatoms. The SMILES string of the molecule is CC(=O)[C@@H]1CCC[NH+]1C(=O)[C@@H](Cc1ccccc1)NC(=O)OCc1ccccc1. The van der Waals surface area contributed by atoms with Crippen molar-refractivity contribution in [2.75, 3.05) is 6.54 Å². The molecular weight excluding hydrogens is 368 g/mol. The standard InChI is InChI=1S/C23H26N2O4/c1-17(26)21-13-8-14-25(21)22(27)20(15-18-9-4-2-5-10-18)24-23(28)29-16-19-11-6-3-7-12-19/h2-7,9-12,20-21H,8,13-16H2,1H3,(H,24,28)/p+1/t20-,21+/m1/s1. The molecule has 0 aliphatic carbocycles. The number of likely N-dealkylation sites (tertiary alicyclic amines) is 1. The summed E-state index contributed by atoms with van der Waals surface area (Å²) < 4.78 is 5.30. The largest absolute Gasteiger partial charge is 0.445 e. The fraction of sp³-hybridized carbons (Fsp3) is 0.348. The average Bonchev–Trinajstić information content (AvgIpc) is 3.23. The Balaban J connectivity index is 1.69. The highest BCUT2D eigenvalue weighted by Gasteiger charge is 2.41. The number of Topliss-reactive ketones (excluding diaryl/α,β-unsaturated/α-hetero) is 1. The van der Waals surface area contributed by atoms with E-state index in [-0.39, 0.29) is 24.3 Å². The molecule has 0 saturated carbocycles. The van der Waals surface area contributed by atoms with Gasteiger partial charge in [0, 0.05) is 26.2 Å². The first-order valence-electron chi connectivity index (χ1n) is 9.96. The molecule has 6 nitrogen and oxygen atoms in total. The Hall–Kier alpha value is -2.99. The van der Waals surface area contributed by atoms with E-state index < -0.39 is 12.1 Å². The first-order valence-corrected chi connectivity index (χ1v) is 9.96. The zero-order chi connectivity index (χ0) is 20.6. The summed E-state index contributed by atoms with van der Waals surface area (Å²) in [6, 6.07) is 17.8. The lowest BCUT2D eigenvalue weighted by Gasteiger charge is -2.23. The van der Waals surface area contributed by atoms with Crippen LogP contribution in [0, 0.1) is 0 Å². The molecule has 29 heavy (non-hydrogen) atoms. The molecule has 1 fully saturated rings. The molecule has 1 aliphatic rings. The van der Waals surface area contributed by atoms with Gasteiger partial charge in [0.15, 0.2) is 17.9 Å². The topological polar surface area (TPSA) is 76.9 Å². The molecule has 2 aromatic rings. The van der Waals surface area contributed by atoms with E-state index >= 15 is 0 Å². The Kier molecular flexibility index (Phi) is 7.14. The number of carbonyl (C=O) groups is 3. The van der Waals surface area contributed by atoms with E-state index in [9.17, 15) is 14.4 Å². The summed E-state index contributed by atoms with van der Waals surface area (Å²) in [5.74, 6) is -0.154. The second-order valence-corrected chi connectivity index (χ2v) is 7.39. The minimum Gasteiger partial charge on any atom is -0.445 e. The average molecular weight is 395 g/mol. The zero-order valence-electron chi connectivity index (χ0n) is 16.6. The van der Waals surface area contributed by atoms with Gasteiger partial charge in [-0.25, -0.2) is 9.59 Å². The van der Waals surface area contributed by atoms with Gasteiger partial charge in [-0.15, -0.1) is 0 Å². The molecule has 0 spiro atoms. The van der Waals surface area contributed by atoms with Crippen LogP contribution in [0.15, 0.2) is 60.7 Å². The van der Waals surface area contributed by atoms with Gasteiger partial charge in [0.2, 0.25) is 0 Å². The second kappa shape index (κ2) is 9.98. The summed E-state index contributed by atoms with van der Waals surface area (Å²) in [6.45, 7) is 2.26. The molecule has 1 unspecified atom stereocenters. The van der Waals surface area contributed by atoms with Crippen LogP contribution in [0.4, 0.5) is 4.79 Å². The van der Waals surface area contributed by atoms with Crippen molar-refractivity contribution < 1.29 is 24.0 Å². The molecule has 1 heterocycles. The summed E-state index contributed by atoms with van der Waals surface area (Å²) in [5.41, 5.74) is 1.81. The number of hydrogen-bond donors (Lipinski definition) is 2. The quantitative estimate of drug-likeness (QED) is 0.748. The molecule has 3 rings (SSSR count). The molecule has 1 saturated heterocycles. The van der Waals surface area contributed by atoms with Crippen molar-refractivity contribution in [3.8, 4) is 0 Å². The predicted molar refractivity (Wildman–Crippen MR) is 108 cm³/mol. The van der Waals surface area contributed by atoms with E-state index in [0.29, 0.717) is 24.3 Å². The Morgan fingerprint density at radius 1 is 1.03 bits per heavy atom. The molecule has 1 aliphatic heterocycles. The van der Waals surface area contributed by atoms with Gasteiger partial charge in [-0.05, 0) is 11.1 Å². The summed E-state index contributed by atoms with van der Waals surface area (Å²) in [5, 5.41) is 2.73. The number of ether oxygens (including phenoxy) is 1. The zero-order valence-corrected chi connectivity index (χ0v) is 16.6. The molecule has 3 atom stereocenters. The number of carbonyl (C=O) groups excluding carboxylic acids is 3. The van der Waals surface area contributed by atoms with Crippen LogP contribution in [0.1, 0.15) is 30.9 Å². The summed E-state index contributed by atoms with van der Waals surface area (Å²) >= 11 is 0. The fourth-order valence-corrected chi connectivity index (χ4v) is 3.78. The van der Waals surface area contributed by atoms with Crippen LogP contribution in [0.3, 0.4) is 0 Å². The van der Waals surface area contributed by atoms with Crippen molar-refractivity contribution in [2.45, 2.75) is 44.9 Å². The first-order chi connectivity index (χ1) is 14.0. The highest BCUT2D eigenvalue weighted by atomic mass is 16.5. The van der Waals surface area contributed by atoms with Crippen LogP contribution in [-0.2, 0) is 27.4 Å². The molecular formula is C23H27N2O4+. The maximum atomic E-state index is 13.2. The van der Waals surface area contributed by atoms with Crippen LogP contribution >= 0.6 is 0 Å². The minimum atomic E-state index is -0.754. The minimum absolute atomic E-state index is 0.0102. The van der Waals surface area contributed by atoms with Crippen LogP contribution < -0.4 is 10.2 Å². The highest BCUT2D eigenvalue weighted by molar-refractivity contribution is 5.85. The van der Waals surface area contributed by atoms with Crippen molar-refractivity contribution in [2.24, 2.45) is 0 Å². The van der Waals surface area contributed by atoms with Crippen molar-refractivity contribution in [3.05, 3.63) is 71.8 Å². The Morgan fingerprint density at radius 3 is 2.28 bits per heavy atom. The van der Waals surface area contributed by atoms with Crippen molar-refractivity contribution >= 4 is 17.8 Å². The van der Waals surface area contributed by atoms with Gasteiger partial charge < -0.3 is 10.1 Å². The lowest BCUT2D eigenvalue weighted by Crippen LogP contribution is -3.18. The van der Waals surface area contributed by atoms with Gasteiger partial charge in [0.1, 0.15) is 6.61 Å². The monoisotopic (exact) mass is 395 g/mol. The molecule has 152 valence electrons. The summed E-state index contributed by atoms with van der Waals surface area (Å²) in [7, 11) is 0. The number of quaternary nitrogens is 1. The number of ketones is 1. The van der Waals surface area contributed by atoms with Crippen molar-refractivity contribution in [3.63, 3.8) is 0 Å². The highest BCUT2D eigenvalue weighted by Crippen LogP contribution is 2.07. The van der Waals surface area contributed by atoms with E-state index in [1.807, 2.05) is 60.7 Å². The Labute approximate surface area is 170 Å². The smallest absolute Gasteiger partial charge is 0.408 e. The lowest BCUT2D eigenvalue weighted by atomic mass is 10.0. The molecule has 2 N–H and O–H groups in total. The molecule has 2 amide bonds. The maximum absolute atomic E-state index is 13.2. The van der Waals surface area contributed by atoms with Crippen LogP contribution in [0.25, 0.3) is 0 Å². The Morgan fingerprint density at radius 2 is 1.66 bits per heavy atom.